The van der Waals surface area contributed by atoms with Crippen LogP contribution in [0, 0.1) is 0 Å². The first kappa shape index (κ1) is 10.1. The molecule has 0 unspecified atom stereocenters. The molecule has 0 fully saturated rings. The van der Waals surface area contributed by atoms with Gasteiger partial charge in [-0.05, 0) is 0 Å². The molecular weight excluding hydrogens is 202 g/mol. The van der Waals surface area contributed by atoms with Crippen molar-refractivity contribution in [3.8, 4) is 0 Å². The maximum atomic E-state index is 2.40. The fraction of sp³-hybridized carbons (Fsp3) is 1.00. The normalized spacial score (nSPS) is 10.0. The first-order valence-corrected chi connectivity index (χ1v) is 13.4. The van der Waals surface area contributed by atoms with Crippen LogP contribution in [0.3, 0.4) is 0 Å². The third kappa shape index (κ3) is 71.8. The predicted octanol–water partition coefficient (Wildman–Crippen LogP) is 2.38. The van der Waals surface area contributed by atoms with Crippen LogP contribution >= 0.6 is 12.4 Å². The van der Waals surface area contributed by atoms with Gasteiger partial charge in [-0.3, -0.25) is 0 Å². The second-order valence-electron chi connectivity index (χ2n) is 3.00. The molecule has 0 rings (SSSR count). The molecule has 0 aromatic heterocycles. The van der Waals surface area contributed by atoms with E-state index in [9.17, 15) is 0 Å². The van der Waals surface area contributed by atoms with E-state index in [0.29, 0.717) is 0 Å². The fourth-order valence-corrected chi connectivity index (χ4v) is 0. The molecule has 40 valence electrons. The number of rotatable bonds is 0. The summed E-state index contributed by atoms with van der Waals surface area (Å²) in [7, 11) is 0. The topological polar surface area (TPSA) is 0 Å². The van der Waals surface area contributed by atoms with E-state index in [1.54, 1.807) is 0 Å². The predicted molar refractivity (Wildman–Crippen MR) is 36.5 cm³/mol. The zero-order valence-corrected chi connectivity index (χ0v) is 8.58. The first-order valence-electron chi connectivity index (χ1n) is 2.00. The van der Waals surface area contributed by atoms with Crippen molar-refractivity contribution in [2.45, 2.75) is 19.8 Å². The zero-order valence-electron chi connectivity index (χ0n) is 4.91. The zero-order chi connectivity index (χ0) is 4.50. The van der Waals surface area contributed by atoms with E-state index in [-0.39, 0.29) is 12.4 Å². The molecule has 0 saturated heterocycles. The third-order valence-electron chi connectivity index (χ3n) is 0. The number of hydrogen-bond donors (Lipinski definition) is 0. The van der Waals surface area contributed by atoms with Crippen molar-refractivity contribution in [1.82, 2.24) is 0 Å². The summed E-state index contributed by atoms with van der Waals surface area (Å²) in [5.74, 6) is 0. The summed E-state index contributed by atoms with van der Waals surface area (Å²) in [6, 6.07) is 0. The summed E-state index contributed by atoms with van der Waals surface area (Å²) in [5, 5.41) is 0. The Morgan fingerprint density at radius 1 is 0.833 bits per heavy atom. The van der Waals surface area contributed by atoms with Gasteiger partial charge in [0, 0.05) is 0 Å². The molecule has 0 aliphatic heterocycles. The van der Waals surface area contributed by atoms with Crippen molar-refractivity contribution < 1.29 is 0 Å². The van der Waals surface area contributed by atoms with Crippen molar-refractivity contribution in [3.63, 3.8) is 0 Å². The average molecular weight is 215 g/mol. The SMILES string of the molecule is Cl.[CH3][Sn]([CH3])([CH3])[CH3]. The molecule has 0 atom stereocenters. The Hall–Kier alpha value is 1.09. The second kappa shape index (κ2) is 3.14. The molecule has 0 aromatic carbocycles. The quantitative estimate of drug-likeness (QED) is 0.544. The van der Waals surface area contributed by atoms with E-state index in [4.69, 9.17) is 0 Å². The van der Waals surface area contributed by atoms with Gasteiger partial charge < -0.3 is 0 Å². The molecule has 0 aliphatic carbocycles. The minimum atomic E-state index is -1.18. The van der Waals surface area contributed by atoms with E-state index in [1.165, 1.54) is 0 Å². The van der Waals surface area contributed by atoms with Gasteiger partial charge in [0.05, 0.1) is 0 Å². The Balaban J connectivity index is 0. The van der Waals surface area contributed by atoms with Crippen LogP contribution in [-0.2, 0) is 0 Å². The molecule has 0 spiro atoms. The minimum absolute atomic E-state index is 0. The second-order valence-corrected chi connectivity index (χ2v) is 20.1. The summed E-state index contributed by atoms with van der Waals surface area (Å²) >= 11 is -1.18. The molecule has 0 heterocycles. The van der Waals surface area contributed by atoms with E-state index < -0.39 is 18.4 Å². The van der Waals surface area contributed by atoms with Gasteiger partial charge >= 0.3 is 38.1 Å². The van der Waals surface area contributed by atoms with E-state index in [2.05, 4.69) is 19.8 Å². The van der Waals surface area contributed by atoms with Crippen LogP contribution in [0.1, 0.15) is 0 Å². The van der Waals surface area contributed by atoms with Crippen LogP contribution in [0.4, 0.5) is 0 Å². The van der Waals surface area contributed by atoms with Crippen molar-refractivity contribution >= 4 is 30.8 Å². The molecule has 2 heteroatoms. The summed E-state index contributed by atoms with van der Waals surface area (Å²) in [5.41, 5.74) is 0. The average Bonchev–Trinajstić information content (AvgIpc) is 0.722. The van der Waals surface area contributed by atoms with Crippen molar-refractivity contribution in [3.05, 3.63) is 0 Å². The van der Waals surface area contributed by atoms with Gasteiger partial charge in [-0.25, -0.2) is 0 Å². The van der Waals surface area contributed by atoms with Crippen LogP contribution in [0.5, 0.6) is 0 Å². The molecule has 0 aromatic rings. The standard InChI is InChI=1S/4CH3.ClH.Sn/h4*1H3;1H;. The van der Waals surface area contributed by atoms with Gasteiger partial charge in [-0.15, -0.1) is 12.4 Å². The Morgan fingerprint density at radius 3 is 0.833 bits per heavy atom. The van der Waals surface area contributed by atoms with Crippen LogP contribution in [-0.4, -0.2) is 18.4 Å². The molecule has 6 heavy (non-hydrogen) atoms. The first-order chi connectivity index (χ1) is 2.00. The molecule has 0 amide bonds. The van der Waals surface area contributed by atoms with Gasteiger partial charge in [0.25, 0.3) is 0 Å². The van der Waals surface area contributed by atoms with Crippen molar-refractivity contribution in [1.29, 1.82) is 0 Å². The van der Waals surface area contributed by atoms with Crippen LogP contribution in [0.2, 0.25) is 19.8 Å². The molecule has 0 nitrogen and oxygen atoms in total. The molecule has 0 radical (unpaired) electrons. The van der Waals surface area contributed by atoms with Crippen molar-refractivity contribution in [2.75, 3.05) is 0 Å². The Kier molecular flexibility index (Phi) is 5.31. The molecule has 0 saturated carbocycles. The van der Waals surface area contributed by atoms with E-state index in [0.717, 1.165) is 0 Å². The molecular formula is C4H13ClSn. The monoisotopic (exact) mass is 216 g/mol. The van der Waals surface area contributed by atoms with Crippen molar-refractivity contribution in [2.24, 2.45) is 0 Å². The van der Waals surface area contributed by atoms with Gasteiger partial charge in [-0.2, -0.15) is 0 Å². The summed E-state index contributed by atoms with van der Waals surface area (Å²) in [4.78, 5) is 9.59. The fourth-order valence-electron chi connectivity index (χ4n) is 0. The van der Waals surface area contributed by atoms with Gasteiger partial charge in [0.2, 0.25) is 0 Å². The Bertz CT molecular complexity index is 23.0. The summed E-state index contributed by atoms with van der Waals surface area (Å²) in [6.07, 6.45) is 0. The Labute approximate surface area is 50.6 Å². The molecule has 0 bridgehead atoms. The molecule has 0 N–H and O–H groups in total. The van der Waals surface area contributed by atoms with Crippen LogP contribution in [0.15, 0.2) is 0 Å². The summed E-state index contributed by atoms with van der Waals surface area (Å²) < 4.78 is 0. The van der Waals surface area contributed by atoms with Gasteiger partial charge in [-0.1, -0.05) is 0 Å². The maximum absolute atomic E-state index is 2.40. The van der Waals surface area contributed by atoms with Gasteiger partial charge in [0.15, 0.2) is 0 Å². The van der Waals surface area contributed by atoms with Crippen LogP contribution < -0.4 is 0 Å². The van der Waals surface area contributed by atoms with E-state index in [1.807, 2.05) is 0 Å². The summed E-state index contributed by atoms with van der Waals surface area (Å²) in [6.45, 7) is 0. The third-order valence-corrected chi connectivity index (χ3v) is 0. The van der Waals surface area contributed by atoms with Crippen LogP contribution in [0.25, 0.3) is 0 Å². The van der Waals surface area contributed by atoms with E-state index >= 15 is 0 Å². The van der Waals surface area contributed by atoms with Gasteiger partial charge in [0.1, 0.15) is 0 Å². The Morgan fingerprint density at radius 2 is 0.833 bits per heavy atom. The number of halogens is 1. The number of hydrogen-bond acceptors (Lipinski definition) is 0. The molecule has 0 aliphatic rings.